The minimum atomic E-state index is -0.418. The van der Waals surface area contributed by atoms with Crippen LogP contribution in [-0.4, -0.2) is 56.0 Å². The summed E-state index contributed by atoms with van der Waals surface area (Å²) in [5.74, 6) is 9.99. The first-order valence-electron chi connectivity index (χ1n) is 22.3. The molecule has 2 N–H and O–H groups in total. The Morgan fingerprint density at radius 1 is 0.526 bits per heavy atom. The Kier molecular flexibility index (Phi) is 11.8. The van der Waals surface area contributed by atoms with Crippen LogP contribution < -0.4 is 12.4 Å². The predicted molar refractivity (Wildman–Crippen MR) is 228 cm³/mol. The fraction of sp³-hybridized carbons (Fsp3) is 0.784. The second-order valence-corrected chi connectivity index (χ2v) is 23.2. The van der Waals surface area contributed by atoms with E-state index in [0.29, 0.717) is 35.2 Å². The first-order valence-corrected chi connectivity index (χ1v) is 22.3. The van der Waals surface area contributed by atoms with Crippen molar-refractivity contribution >= 4 is 34.6 Å². The van der Waals surface area contributed by atoms with E-state index in [1.807, 2.05) is 6.92 Å². The van der Waals surface area contributed by atoms with Crippen molar-refractivity contribution in [2.45, 2.75) is 157 Å². The van der Waals surface area contributed by atoms with Gasteiger partial charge < -0.3 is 30.0 Å². The maximum Gasteiger partial charge on any atom is 2.00 e. The number of ketones is 2. The number of hydrogen-bond donors (Lipinski definition) is 2. The first-order chi connectivity index (χ1) is 25.1. The van der Waals surface area contributed by atoms with Crippen molar-refractivity contribution in [3.63, 3.8) is 0 Å². The van der Waals surface area contributed by atoms with Crippen LogP contribution in [0.3, 0.4) is 0 Å². The summed E-state index contributed by atoms with van der Waals surface area (Å²) in [6.45, 7) is 22.0. The number of allylic oxidation sites excluding steroid dienone is 8. The number of aliphatic hydroxyl groups is 2. The van der Waals surface area contributed by atoms with E-state index in [1.165, 1.54) is 62.5 Å². The van der Waals surface area contributed by atoms with Crippen LogP contribution in [-0.2, 0) is 9.59 Å². The van der Waals surface area contributed by atoms with Gasteiger partial charge in [0.1, 0.15) is 11.6 Å². The van der Waals surface area contributed by atoms with Crippen LogP contribution in [0.15, 0.2) is 46.6 Å². The van der Waals surface area contributed by atoms with Gasteiger partial charge in [0.05, 0.1) is 11.2 Å². The number of halogens is 1. The van der Waals surface area contributed by atoms with E-state index in [1.54, 1.807) is 11.1 Å². The van der Waals surface area contributed by atoms with Gasteiger partial charge >= 0.3 is 23.1 Å². The molecule has 0 radical (unpaired) electrons. The van der Waals surface area contributed by atoms with Gasteiger partial charge in [-0.05, 0) is 177 Å². The first kappa shape index (κ1) is 45.8. The van der Waals surface area contributed by atoms with Gasteiger partial charge in [-0.25, -0.2) is 0 Å². The summed E-state index contributed by atoms with van der Waals surface area (Å²) in [5, 5.41) is 20.9. The fourth-order valence-electron chi connectivity index (χ4n) is 17.3. The number of carbonyl (C=O) groups excluding carboxylic acids is 2. The summed E-state index contributed by atoms with van der Waals surface area (Å²) in [7, 11) is 0. The zero-order chi connectivity index (χ0) is 38.7. The van der Waals surface area contributed by atoms with Gasteiger partial charge in [0.2, 0.25) is 0 Å². The fourth-order valence-corrected chi connectivity index (χ4v) is 17.3. The molecule has 0 aliphatic heterocycles. The van der Waals surface area contributed by atoms with E-state index in [9.17, 15) is 19.8 Å². The summed E-state index contributed by atoms with van der Waals surface area (Å²) in [5.41, 5.74) is 5.66. The number of carbonyl (C=O) groups is 2. The normalized spacial score (nSPS) is 53.6. The van der Waals surface area contributed by atoms with Crippen LogP contribution >= 0.6 is 0 Å². The third-order valence-corrected chi connectivity index (χ3v) is 20.2. The maximum absolute atomic E-state index is 11.8. The number of fused-ring (bicyclic) bond motifs is 20. The Morgan fingerprint density at radius 3 is 1.54 bits per heavy atom. The van der Waals surface area contributed by atoms with Crippen molar-refractivity contribution < 1.29 is 32.2 Å². The molecule has 0 aromatic heterocycles. The van der Waals surface area contributed by atoms with E-state index in [0.717, 1.165) is 73.0 Å². The molecule has 12 aliphatic rings. The monoisotopic (exact) mass is 811 g/mol. The second-order valence-electron chi connectivity index (χ2n) is 23.2. The maximum atomic E-state index is 11.8. The molecule has 8 saturated carbocycles. The third-order valence-electron chi connectivity index (χ3n) is 20.2. The van der Waals surface area contributed by atoms with Crippen LogP contribution in [0.2, 0.25) is 0 Å². The summed E-state index contributed by atoms with van der Waals surface area (Å²) < 4.78 is 0. The Morgan fingerprint density at radius 2 is 0.947 bits per heavy atom. The molecular weight excluding hydrogens is 736 g/mol. The van der Waals surface area contributed by atoms with Crippen molar-refractivity contribution in [1.29, 1.82) is 0 Å². The third kappa shape index (κ3) is 6.34. The van der Waals surface area contributed by atoms with E-state index >= 15 is 0 Å². The molecule has 0 spiro atoms. The Hall–Kier alpha value is -0.724. The molecule has 8 bridgehead atoms. The molecule has 57 heavy (non-hydrogen) atoms. The topological polar surface area (TPSA) is 74.6 Å². The summed E-state index contributed by atoms with van der Waals surface area (Å²) in [6.07, 6.45) is 23.3. The SMILES string of the molecule is CC1=CC2C(C1)C1CC(=O)C2(C)C1.CC1=CC2C(C1)C1CC(C)(O)C2(C)C1.CC1=CCC2C3CC(=O)C(C)(C3)C12.CC1=CCC2C3CC(C)(O)C(C)(C3)C12.[CH3-].[Cl-].[Mg+2]. The van der Waals surface area contributed by atoms with Crippen molar-refractivity contribution in [3.8, 4) is 0 Å². The Bertz CT molecular complexity index is 1780. The Labute approximate surface area is 369 Å². The summed E-state index contributed by atoms with van der Waals surface area (Å²) in [4.78, 5) is 23.6. The average molecular weight is 812 g/mol. The van der Waals surface area contributed by atoms with Crippen molar-refractivity contribution in [1.82, 2.24) is 0 Å². The molecule has 12 aliphatic carbocycles. The van der Waals surface area contributed by atoms with Crippen LogP contribution in [0.1, 0.15) is 146 Å². The smallest absolute Gasteiger partial charge is 1.00 e. The quantitative estimate of drug-likeness (QED) is 0.150. The van der Waals surface area contributed by atoms with Crippen LogP contribution in [0, 0.1) is 100 Å². The van der Waals surface area contributed by atoms with Crippen LogP contribution in [0.5, 0.6) is 0 Å². The van der Waals surface area contributed by atoms with Crippen LogP contribution in [0.25, 0.3) is 0 Å². The molecule has 18 atom stereocenters. The molecule has 12 rings (SSSR count). The van der Waals surface area contributed by atoms with Gasteiger partial charge in [-0.2, -0.15) is 0 Å². The van der Waals surface area contributed by atoms with Gasteiger partial charge in [-0.15, -0.1) is 0 Å². The molecule has 6 heteroatoms. The molecule has 0 aromatic rings. The molecule has 0 aromatic carbocycles. The molecule has 0 heterocycles. The van der Waals surface area contributed by atoms with Crippen molar-refractivity contribution in [2.75, 3.05) is 0 Å². The minimum Gasteiger partial charge on any atom is -1.00 e. The van der Waals surface area contributed by atoms with Gasteiger partial charge in [0.15, 0.2) is 0 Å². The van der Waals surface area contributed by atoms with Crippen molar-refractivity contribution in [2.24, 2.45) is 92.7 Å². The van der Waals surface area contributed by atoms with E-state index < -0.39 is 11.2 Å². The standard InChI is InChI=1S/2C13H20O.2C12H16O.CH3.ClH.Mg/c1-8-4-10-9-6-12(2,11(10)5-8)13(3,14)7-9;1-8-4-5-10-9-6-12(2,11(8)10)13(3,14)7-9;1-7-3-9-8-5-11(13)12(2,6-8)10(9)4-7;1-7-3-4-9-8-5-10(13)12(2,6-8)11(7)9;;;/h5,9-11,14H,4,6-7H2,1-3H3;4,9-11,14H,5-7H2,1-3H3;4,8-10H,3,5-6H2,1-2H3;3,8-9,11H,4-6H2,1-2H3;1H3;1H;/q;;;;-1;;+2/p-1. The molecule has 0 saturated heterocycles. The van der Waals surface area contributed by atoms with E-state index in [2.05, 4.69) is 86.6 Å². The van der Waals surface area contributed by atoms with Gasteiger partial charge in [-0.3, -0.25) is 9.59 Å². The number of hydrogen-bond acceptors (Lipinski definition) is 4. The minimum absolute atomic E-state index is 0. The van der Waals surface area contributed by atoms with Gasteiger partial charge in [0.25, 0.3) is 0 Å². The molecule has 8 fully saturated rings. The summed E-state index contributed by atoms with van der Waals surface area (Å²) in [6, 6.07) is 0. The van der Waals surface area contributed by atoms with E-state index in [-0.39, 0.29) is 64.5 Å². The molecule has 18 unspecified atom stereocenters. The molecule has 4 nitrogen and oxygen atoms in total. The largest absolute Gasteiger partial charge is 2.00 e. The predicted octanol–water partition coefficient (Wildman–Crippen LogP) is 7.71. The van der Waals surface area contributed by atoms with Crippen molar-refractivity contribution in [3.05, 3.63) is 54.0 Å². The number of rotatable bonds is 0. The zero-order valence-electron chi connectivity index (χ0n) is 37.5. The second kappa shape index (κ2) is 14.7. The average Bonchev–Trinajstić information content (AvgIpc) is 3.91. The van der Waals surface area contributed by atoms with Crippen LogP contribution in [0.4, 0.5) is 0 Å². The van der Waals surface area contributed by atoms with E-state index in [4.69, 9.17) is 0 Å². The molecular formula is C51H75ClMgO4. The van der Waals surface area contributed by atoms with Gasteiger partial charge in [0, 0.05) is 34.5 Å². The Balaban J connectivity index is 0.000000126. The molecule has 312 valence electrons. The zero-order valence-corrected chi connectivity index (χ0v) is 39.7. The number of Topliss-reactive ketones (excluding diaryl/α,β-unsaturated/α-hetero) is 2. The molecule has 0 amide bonds. The summed E-state index contributed by atoms with van der Waals surface area (Å²) >= 11 is 0. The van der Waals surface area contributed by atoms with Gasteiger partial charge in [-0.1, -0.05) is 74.3 Å².